The first-order valence-corrected chi connectivity index (χ1v) is 8.68. The van der Waals surface area contributed by atoms with E-state index in [0.717, 1.165) is 55.7 Å². The van der Waals surface area contributed by atoms with Crippen LogP contribution in [0.25, 0.3) is 0 Å². The minimum atomic E-state index is -0.0180. The number of amides is 1. The number of ether oxygens (including phenoxy) is 1. The molecule has 2 aromatic rings. The van der Waals surface area contributed by atoms with Gasteiger partial charge in [0.25, 0.3) is 5.91 Å². The largest absolute Gasteiger partial charge is 0.376 e. The molecule has 6 heteroatoms. The summed E-state index contributed by atoms with van der Waals surface area (Å²) in [6.45, 7) is 1.87. The Bertz CT molecular complexity index is 707. The number of carbonyl (C=O) groups is 1. The van der Waals surface area contributed by atoms with E-state index in [1.54, 1.807) is 6.20 Å². The molecule has 1 N–H and O–H groups in total. The van der Waals surface area contributed by atoms with Crippen molar-refractivity contribution in [3.05, 3.63) is 47.0 Å². The number of carbonyl (C=O) groups excluding carboxylic acids is 1. The van der Waals surface area contributed by atoms with E-state index in [1.165, 1.54) is 0 Å². The number of aromatic amines is 1. The van der Waals surface area contributed by atoms with Crippen molar-refractivity contribution in [1.82, 2.24) is 20.1 Å². The third-order valence-electron chi connectivity index (χ3n) is 4.82. The predicted molar refractivity (Wildman–Crippen MR) is 88.6 cm³/mol. The first-order valence-electron chi connectivity index (χ1n) is 8.68. The van der Waals surface area contributed by atoms with Crippen molar-refractivity contribution in [2.45, 2.75) is 44.8 Å². The highest BCUT2D eigenvalue weighted by atomic mass is 16.5. The van der Waals surface area contributed by atoms with Crippen LogP contribution in [-0.2, 0) is 24.1 Å². The van der Waals surface area contributed by atoms with Crippen LogP contribution in [0.5, 0.6) is 0 Å². The predicted octanol–water partition coefficient (Wildman–Crippen LogP) is 2.11. The van der Waals surface area contributed by atoms with Gasteiger partial charge >= 0.3 is 0 Å². The zero-order chi connectivity index (χ0) is 16.4. The Balaban J connectivity index is 1.57. The van der Waals surface area contributed by atoms with E-state index >= 15 is 0 Å². The maximum absolute atomic E-state index is 13.1. The smallest absolute Gasteiger partial charge is 0.275 e. The molecule has 4 rings (SSSR count). The molecule has 6 nitrogen and oxygen atoms in total. The van der Waals surface area contributed by atoms with Crippen LogP contribution in [0.4, 0.5) is 0 Å². The molecule has 1 aliphatic heterocycles. The number of hydrogen-bond donors (Lipinski definition) is 1. The molecule has 0 saturated carbocycles. The summed E-state index contributed by atoms with van der Waals surface area (Å²) < 4.78 is 5.74. The van der Waals surface area contributed by atoms with E-state index in [9.17, 15) is 4.79 Å². The van der Waals surface area contributed by atoms with E-state index in [-0.39, 0.29) is 12.0 Å². The molecule has 2 aliphatic rings. The van der Waals surface area contributed by atoms with Gasteiger partial charge in [0.2, 0.25) is 0 Å². The van der Waals surface area contributed by atoms with Crippen molar-refractivity contribution in [2.75, 3.05) is 13.2 Å². The summed E-state index contributed by atoms with van der Waals surface area (Å²) in [4.78, 5) is 19.3. The van der Waals surface area contributed by atoms with Gasteiger partial charge in [0.15, 0.2) is 5.69 Å². The van der Waals surface area contributed by atoms with E-state index < -0.39 is 0 Å². The SMILES string of the molecule is O=C(c1n[nH]c2c1CCC2)N(Cc1ccccn1)CC1CCCO1. The monoisotopic (exact) mass is 326 g/mol. The molecule has 126 valence electrons. The van der Waals surface area contributed by atoms with Crippen molar-refractivity contribution in [2.24, 2.45) is 0 Å². The molecule has 1 saturated heterocycles. The van der Waals surface area contributed by atoms with Crippen LogP contribution >= 0.6 is 0 Å². The summed E-state index contributed by atoms with van der Waals surface area (Å²) in [6.07, 6.45) is 6.96. The Labute approximate surface area is 141 Å². The zero-order valence-corrected chi connectivity index (χ0v) is 13.7. The first-order chi connectivity index (χ1) is 11.8. The van der Waals surface area contributed by atoms with Crippen molar-refractivity contribution >= 4 is 5.91 Å². The van der Waals surface area contributed by atoms with Gasteiger partial charge in [0, 0.05) is 30.6 Å². The number of nitrogens with zero attached hydrogens (tertiary/aromatic N) is 3. The fraction of sp³-hybridized carbons (Fsp3) is 0.500. The van der Waals surface area contributed by atoms with Gasteiger partial charge in [0.05, 0.1) is 18.3 Å². The number of pyridine rings is 1. The van der Waals surface area contributed by atoms with Crippen LogP contribution in [0.1, 0.15) is 46.7 Å². The van der Waals surface area contributed by atoms with E-state index in [4.69, 9.17) is 4.74 Å². The number of nitrogens with one attached hydrogen (secondary N) is 1. The molecular weight excluding hydrogens is 304 g/mol. The van der Waals surface area contributed by atoms with E-state index in [0.29, 0.717) is 18.8 Å². The van der Waals surface area contributed by atoms with Crippen LogP contribution in [0.15, 0.2) is 24.4 Å². The van der Waals surface area contributed by atoms with Gasteiger partial charge in [-0.1, -0.05) is 6.07 Å². The summed E-state index contributed by atoms with van der Waals surface area (Å²) in [6, 6.07) is 5.78. The third kappa shape index (κ3) is 3.06. The van der Waals surface area contributed by atoms with Crippen molar-refractivity contribution < 1.29 is 9.53 Å². The Kier molecular flexibility index (Phi) is 4.30. The third-order valence-corrected chi connectivity index (χ3v) is 4.82. The second kappa shape index (κ2) is 6.73. The highest BCUT2D eigenvalue weighted by Gasteiger charge is 2.29. The molecule has 0 radical (unpaired) electrons. The van der Waals surface area contributed by atoms with Crippen LogP contribution in [0.3, 0.4) is 0 Å². The summed E-state index contributed by atoms with van der Waals surface area (Å²) >= 11 is 0. The maximum Gasteiger partial charge on any atom is 0.275 e. The quantitative estimate of drug-likeness (QED) is 0.913. The molecule has 0 spiro atoms. The molecule has 1 aliphatic carbocycles. The van der Waals surface area contributed by atoms with Crippen molar-refractivity contribution in [1.29, 1.82) is 0 Å². The highest BCUT2D eigenvalue weighted by Crippen LogP contribution is 2.25. The van der Waals surface area contributed by atoms with Gasteiger partial charge in [-0.3, -0.25) is 14.9 Å². The summed E-state index contributed by atoms with van der Waals surface area (Å²) in [5.41, 5.74) is 3.68. The van der Waals surface area contributed by atoms with Crippen LogP contribution in [0, 0.1) is 0 Å². The molecule has 1 fully saturated rings. The Hall–Kier alpha value is -2.21. The molecule has 0 aromatic carbocycles. The minimum Gasteiger partial charge on any atom is -0.376 e. The second-order valence-electron chi connectivity index (χ2n) is 6.52. The number of fused-ring (bicyclic) bond motifs is 1. The molecule has 0 bridgehead atoms. The number of H-pyrrole nitrogens is 1. The average molecular weight is 326 g/mol. The molecular formula is C18H22N4O2. The van der Waals surface area contributed by atoms with Crippen molar-refractivity contribution in [3.63, 3.8) is 0 Å². The standard InChI is InChI=1S/C18H22N4O2/c23-18(17-15-7-3-8-16(15)20-21-17)22(12-14-6-4-10-24-14)11-13-5-1-2-9-19-13/h1-2,5,9,14H,3-4,6-8,10-12H2,(H,20,21). The number of hydrogen-bond acceptors (Lipinski definition) is 4. The molecule has 2 aromatic heterocycles. The maximum atomic E-state index is 13.1. The fourth-order valence-corrected chi connectivity index (χ4v) is 3.59. The Morgan fingerprint density at radius 3 is 3.08 bits per heavy atom. The van der Waals surface area contributed by atoms with Crippen LogP contribution in [0.2, 0.25) is 0 Å². The molecule has 24 heavy (non-hydrogen) atoms. The van der Waals surface area contributed by atoms with Gasteiger partial charge < -0.3 is 9.64 Å². The van der Waals surface area contributed by atoms with Gasteiger partial charge in [0.1, 0.15) is 0 Å². The Morgan fingerprint density at radius 1 is 1.33 bits per heavy atom. The number of aryl methyl sites for hydroxylation is 1. The van der Waals surface area contributed by atoms with Gasteiger partial charge in [-0.15, -0.1) is 0 Å². The van der Waals surface area contributed by atoms with Crippen LogP contribution < -0.4 is 0 Å². The van der Waals surface area contributed by atoms with Gasteiger partial charge in [-0.25, -0.2) is 0 Å². The molecule has 3 heterocycles. The lowest BCUT2D eigenvalue weighted by Crippen LogP contribution is -2.37. The first kappa shape index (κ1) is 15.3. The van der Waals surface area contributed by atoms with Gasteiger partial charge in [-0.05, 0) is 44.2 Å². The summed E-state index contributed by atoms with van der Waals surface area (Å²) in [5.74, 6) is -0.0180. The van der Waals surface area contributed by atoms with Crippen molar-refractivity contribution in [3.8, 4) is 0 Å². The molecule has 1 amide bonds. The highest BCUT2D eigenvalue weighted by molar-refractivity contribution is 5.94. The topological polar surface area (TPSA) is 71.1 Å². The fourth-order valence-electron chi connectivity index (χ4n) is 3.59. The lowest BCUT2D eigenvalue weighted by molar-refractivity contribution is 0.0499. The van der Waals surface area contributed by atoms with E-state index in [2.05, 4.69) is 15.2 Å². The average Bonchev–Trinajstić information content (AvgIpc) is 3.32. The number of aromatic nitrogens is 3. The van der Waals surface area contributed by atoms with Gasteiger partial charge in [-0.2, -0.15) is 5.10 Å². The zero-order valence-electron chi connectivity index (χ0n) is 13.7. The van der Waals surface area contributed by atoms with E-state index in [1.807, 2.05) is 23.1 Å². The number of rotatable bonds is 5. The minimum absolute atomic E-state index is 0.0180. The molecule has 1 atom stereocenters. The Morgan fingerprint density at radius 2 is 2.29 bits per heavy atom. The second-order valence-corrected chi connectivity index (χ2v) is 6.52. The lowest BCUT2D eigenvalue weighted by Gasteiger charge is -2.24. The normalized spacial score (nSPS) is 19.4. The lowest BCUT2D eigenvalue weighted by atomic mass is 10.1. The summed E-state index contributed by atoms with van der Waals surface area (Å²) in [5, 5.41) is 7.33. The summed E-state index contributed by atoms with van der Waals surface area (Å²) in [7, 11) is 0. The van der Waals surface area contributed by atoms with Crippen LogP contribution in [-0.4, -0.2) is 45.2 Å². The molecule has 1 unspecified atom stereocenters.